The van der Waals surface area contributed by atoms with E-state index in [9.17, 15) is 10.2 Å². The van der Waals surface area contributed by atoms with Crippen LogP contribution in [0.15, 0.2) is 60.9 Å². The molecule has 1 saturated carbocycles. The van der Waals surface area contributed by atoms with Crippen LogP contribution in [0, 0.1) is 6.92 Å². The molecule has 1 atom stereocenters. The third kappa shape index (κ3) is 3.27. The summed E-state index contributed by atoms with van der Waals surface area (Å²) in [5.74, 6) is 1.49. The molecule has 32 heavy (non-hydrogen) atoms. The average Bonchev–Trinajstić information content (AvgIpc) is 3.13. The Bertz CT molecular complexity index is 1300. The maximum Gasteiger partial charge on any atom is 0.150 e. The highest BCUT2D eigenvalue weighted by atomic mass is 16.3. The molecule has 1 aliphatic carbocycles. The van der Waals surface area contributed by atoms with E-state index < -0.39 is 11.2 Å². The molecule has 1 fully saturated rings. The van der Waals surface area contributed by atoms with Crippen molar-refractivity contribution in [2.24, 2.45) is 0 Å². The molecule has 0 spiro atoms. The average molecular weight is 429 g/mol. The number of imidazole rings is 1. The van der Waals surface area contributed by atoms with Crippen molar-refractivity contribution in [1.29, 1.82) is 0 Å². The number of benzene rings is 2. The summed E-state index contributed by atoms with van der Waals surface area (Å²) >= 11 is 0. The number of anilines is 1. The molecule has 0 amide bonds. The molecule has 4 aromatic rings. The van der Waals surface area contributed by atoms with Crippen molar-refractivity contribution in [3.05, 3.63) is 83.4 Å². The summed E-state index contributed by atoms with van der Waals surface area (Å²) in [6.07, 6.45) is 4.91. The minimum Gasteiger partial charge on any atom is -0.390 e. The largest absolute Gasteiger partial charge is 0.390 e. The molecule has 1 aliphatic rings. The first-order valence-corrected chi connectivity index (χ1v) is 10.9. The first-order valence-electron chi connectivity index (χ1n) is 10.9. The van der Waals surface area contributed by atoms with Crippen LogP contribution in [0.1, 0.15) is 55.1 Å². The van der Waals surface area contributed by atoms with E-state index in [1.807, 2.05) is 79.9 Å². The lowest BCUT2D eigenvalue weighted by Crippen LogP contribution is -2.40. The number of nitrogens with two attached hydrogens (primary N) is 1. The molecule has 0 bridgehead atoms. The Balaban J connectivity index is 1.61. The van der Waals surface area contributed by atoms with Crippen molar-refractivity contribution in [3.63, 3.8) is 0 Å². The van der Waals surface area contributed by atoms with E-state index in [1.165, 1.54) is 0 Å². The molecule has 4 N–H and O–H groups in total. The fourth-order valence-corrected chi connectivity index (χ4v) is 4.91. The number of rotatable bonds is 4. The second kappa shape index (κ2) is 7.15. The van der Waals surface area contributed by atoms with Gasteiger partial charge in [0.2, 0.25) is 0 Å². The zero-order valence-electron chi connectivity index (χ0n) is 18.6. The SMILES string of the molecule is Cc1cc(C(C)(O)c2ccccc2)ccc1-c1nc([C@H]2C[C@@](C)(O)C2)n2ccnc(N)c12. The summed E-state index contributed by atoms with van der Waals surface area (Å²) in [6, 6.07) is 15.6. The second-order valence-electron chi connectivity index (χ2n) is 9.42. The second-order valence-corrected chi connectivity index (χ2v) is 9.42. The van der Waals surface area contributed by atoms with Crippen LogP contribution in [0.25, 0.3) is 16.8 Å². The van der Waals surface area contributed by atoms with Crippen LogP contribution in [0.4, 0.5) is 5.82 Å². The summed E-state index contributed by atoms with van der Waals surface area (Å²) < 4.78 is 2.01. The predicted octanol–water partition coefficient (Wildman–Crippen LogP) is 4.17. The van der Waals surface area contributed by atoms with E-state index >= 15 is 0 Å². The van der Waals surface area contributed by atoms with Crippen LogP contribution in [0.5, 0.6) is 0 Å². The maximum atomic E-state index is 11.3. The lowest BCUT2D eigenvalue weighted by molar-refractivity contribution is -0.0335. The predicted molar refractivity (Wildman–Crippen MR) is 125 cm³/mol. The first-order chi connectivity index (χ1) is 15.2. The quantitative estimate of drug-likeness (QED) is 0.453. The number of nitrogens with zero attached hydrogens (tertiary/aromatic N) is 3. The molecule has 5 rings (SSSR count). The fourth-order valence-electron chi connectivity index (χ4n) is 4.91. The van der Waals surface area contributed by atoms with Crippen LogP contribution >= 0.6 is 0 Å². The Morgan fingerprint density at radius 3 is 2.50 bits per heavy atom. The number of nitrogen functional groups attached to an aromatic ring is 1. The van der Waals surface area contributed by atoms with Crippen molar-refractivity contribution in [2.75, 3.05) is 5.73 Å². The zero-order valence-corrected chi connectivity index (χ0v) is 18.6. The molecule has 6 nitrogen and oxygen atoms in total. The van der Waals surface area contributed by atoms with Crippen molar-refractivity contribution in [2.45, 2.75) is 50.7 Å². The van der Waals surface area contributed by atoms with Crippen LogP contribution in [-0.2, 0) is 5.60 Å². The molecule has 164 valence electrons. The van der Waals surface area contributed by atoms with Gasteiger partial charge in [-0.05, 0) is 50.3 Å². The number of aliphatic hydroxyl groups is 2. The number of aromatic nitrogens is 3. The van der Waals surface area contributed by atoms with Crippen molar-refractivity contribution < 1.29 is 10.2 Å². The van der Waals surface area contributed by atoms with Gasteiger partial charge in [0.05, 0.1) is 5.60 Å². The van der Waals surface area contributed by atoms with Gasteiger partial charge in [-0.2, -0.15) is 0 Å². The third-order valence-corrected chi connectivity index (χ3v) is 6.73. The zero-order chi connectivity index (χ0) is 22.7. The monoisotopic (exact) mass is 428 g/mol. The van der Waals surface area contributed by atoms with Gasteiger partial charge in [0, 0.05) is 23.9 Å². The minimum absolute atomic E-state index is 0.173. The number of hydrogen-bond donors (Lipinski definition) is 3. The molecule has 2 heterocycles. The van der Waals surface area contributed by atoms with E-state index in [2.05, 4.69) is 4.98 Å². The highest BCUT2D eigenvalue weighted by Gasteiger charge is 2.42. The van der Waals surface area contributed by atoms with Gasteiger partial charge in [-0.3, -0.25) is 4.40 Å². The van der Waals surface area contributed by atoms with Crippen LogP contribution < -0.4 is 5.73 Å². The Morgan fingerprint density at radius 2 is 1.84 bits per heavy atom. The molecule has 2 aromatic carbocycles. The number of aryl methyl sites for hydroxylation is 1. The Morgan fingerprint density at radius 1 is 1.12 bits per heavy atom. The summed E-state index contributed by atoms with van der Waals surface area (Å²) in [7, 11) is 0. The smallest absolute Gasteiger partial charge is 0.150 e. The summed E-state index contributed by atoms with van der Waals surface area (Å²) in [4.78, 5) is 9.28. The molecular formula is C26H28N4O2. The Labute approximate surface area is 187 Å². The Hall–Kier alpha value is -3.22. The van der Waals surface area contributed by atoms with Gasteiger partial charge in [-0.1, -0.05) is 48.5 Å². The topological polar surface area (TPSA) is 96.7 Å². The minimum atomic E-state index is -1.11. The summed E-state index contributed by atoms with van der Waals surface area (Å²) in [5, 5.41) is 21.5. The van der Waals surface area contributed by atoms with Gasteiger partial charge in [0.25, 0.3) is 0 Å². The Kier molecular flexibility index (Phi) is 4.62. The van der Waals surface area contributed by atoms with Crippen LogP contribution in [-0.4, -0.2) is 30.2 Å². The first kappa shape index (κ1) is 20.7. The molecule has 0 saturated heterocycles. The number of fused-ring (bicyclic) bond motifs is 1. The van der Waals surface area contributed by atoms with Crippen LogP contribution in [0.3, 0.4) is 0 Å². The lowest BCUT2D eigenvalue weighted by Gasteiger charge is -2.40. The van der Waals surface area contributed by atoms with E-state index in [4.69, 9.17) is 10.7 Å². The van der Waals surface area contributed by atoms with E-state index in [0.29, 0.717) is 18.7 Å². The molecule has 0 aliphatic heterocycles. The number of hydrogen-bond acceptors (Lipinski definition) is 5. The molecule has 1 unspecified atom stereocenters. The molecule has 2 aromatic heterocycles. The summed E-state index contributed by atoms with van der Waals surface area (Å²) in [5.41, 5.74) is 9.69. The van der Waals surface area contributed by atoms with Crippen molar-refractivity contribution in [3.8, 4) is 11.3 Å². The van der Waals surface area contributed by atoms with Crippen LogP contribution in [0.2, 0.25) is 0 Å². The van der Waals surface area contributed by atoms with Gasteiger partial charge in [-0.25, -0.2) is 9.97 Å². The van der Waals surface area contributed by atoms with Gasteiger partial charge in [-0.15, -0.1) is 0 Å². The summed E-state index contributed by atoms with van der Waals surface area (Å²) in [6.45, 7) is 5.69. The maximum absolute atomic E-state index is 11.3. The van der Waals surface area contributed by atoms with E-state index in [0.717, 1.165) is 39.3 Å². The fraction of sp³-hybridized carbons (Fsp3) is 0.308. The van der Waals surface area contributed by atoms with E-state index in [1.54, 1.807) is 6.20 Å². The standard InChI is InChI=1S/C26H28N4O2/c1-16-13-19(26(3,32)18-7-5-4-6-8-18)9-10-20(16)21-22-23(27)28-11-12-30(22)24(29-21)17-14-25(2,31)15-17/h4-13,17,31-32H,14-15H2,1-3H3,(H2,27,28)/t17-,25+,26?. The highest BCUT2D eigenvalue weighted by molar-refractivity contribution is 5.86. The van der Waals surface area contributed by atoms with Gasteiger partial charge in [0.1, 0.15) is 28.5 Å². The van der Waals surface area contributed by atoms with Gasteiger partial charge in [0.15, 0.2) is 0 Å². The highest BCUT2D eigenvalue weighted by Crippen LogP contribution is 2.45. The van der Waals surface area contributed by atoms with Crippen molar-refractivity contribution in [1.82, 2.24) is 14.4 Å². The van der Waals surface area contributed by atoms with Gasteiger partial charge >= 0.3 is 0 Å². The van der Waals surface area contributed by atoms with Crippen molar-refractivity contribution >= 4 is 11.3 Å². The third-order valence-electron chi connectivity index (χ3n) is 6.73. The molecule has 6 heteroatoms. The molecular weight excluding hydrogens is 400 g/mol. The normalized spacial score (nSPS) is 22.5. The lowest BCUT2D eigenvalue weighted by atomic mass is 9.72. The molecule has 0 radical (unpaired) electrons. The van der Waals surface area contributed by atoms with Gasteiger partial charge < -0.3 is 15.9 Å². The van der Waals surface area contributed by atoms with E-state index in [-0.39, 0.29) is 5.92 Å².